The minimum atomic E-state index is 0.325. The Balaban J connectivity index is 3.34. The average Bonchev–Trinajstić information content (AvgIpc) is 2.06. The Hall–Kier alpha value is -0.0800. The van der Waals surface area contributed by atoms with Crippen LogP contribution < -0.4 is 0 Å². The van der Waals surface area contributed by atoms with Gasteiger partial charge in [-0.3, -0.25) is 0 Å². The lowest BCUT2D eigenvalue weighted by molar-refractivity contribution is 0.139. The zero-order valence-corrected chi connectivity index (χ0v) is 8.38. The predicted octanol–water partition coefficient (Wildman–Crippen LogP) is 2.21. The SMILES string of the molecule is CCC[C@H](CCCCO)COC. The van der Waals surface area contributed by atoms with Gasteiger partial charge < -0.3 is 9.84 Å². The maximum atomic E-state index is 8.61. The van der Waals surface area contributed by atoms with E-state index in [0.29, 0.717) is 12.5 Å². The molecule has 0 saturated carbocycles. The lowest BCUT2D eigenvalue weighted by Gasteiger charge is -2.13. The Bertz CT molecular complexity index is 77.9. The molecule has 1 N–H and O–H groups in total. The summed E-state index contributed by atoms with van der Waals surface area (Å²) >= 11 is 0. The molecule has 0 radical (unpaired) electrons. The number of rotatable bonds is 8. The third-order valence-electron chi connectivity index (χ3n) is 2.12. The van der Waals surface area contributed by atoms with Crippen molar-refractivity contribution in [1.29, 1.82) is 0 Å². The average molecular weight is 174 g/mol. The first-order valence-corrected chi connectivity index (χ1v) is 4.95. The second kappa shape index (κ2) is 9.01. The molecule has 74 valence electrons. The van der Waals surface area contributed by atoms with Gasteiger partial charge in [-0.05, 0) is 25.2 Å². The molecular formula is C10H22O2. The molecule has 0 aliphatic heterocycles. The third-order valence-corrected chi connectivity index (χ3v) is 2.12. The molecule has 0 aromatic heterocycles. The molecule has 0 spiro atoms. The summed E-state index contributed by atoms with van der Waals surface area (Å²) in [5, 5.41) is 8.61. The third kappa shape index (κ3) is 6.62. The maximum Gasteiger partial charge on any atom is 0.0490 e. The van der Waals surface area contributed by atoms with Crippen molar-refractivity contribution in [3.63, 3.8) is 0 Å². The molecule has 0 heterocycles. The van der Waals surface area contributed by atoms with Gasteiger partial charge >= 0.3 is 0 Å². The van der Waals surface area contributed by atoms with Crippen molar-refractivity contribution in [3.8, 4) is 0 Å². The van der Waals surface area contributed by atoms with Gasteiger partial charge in [-0.2, -0.15) is 0 Å². The molecule has 2 heteroatoms. The van der Waals surface area contributed by atoms with Crippen LogP contribution in [0, 0.1) is 5.92 Å². The molecule has 0 aromatic carbocycles. The van der Waals surface area contributed by atoms with Crippen LogP contribution in [0.4, 0.5) is 0 Å². The highest BCUT2D eigenvalue weighted by molar-refractivity contribution is 4.57. The predicted molar refractivity (Wildman–Crippen MR) is 51.2 cm³/mol. The summed E-state index contributed by atoms with van der Waals surface area (Å²) in [5.41, 5.74) is 0. The Morgan fingerprint density at radius 3 is 2.50 bits per heavy atom. The van der Waals surface area contributed by atoms with Gasteiger partial charge in [0, 0.05) is 20.3 Å². The second-order valence-electron chi connectivity index (χ2n) is 3.33. The van der Waals surface area contributed by atoms with Crippen molar-refractivity contribution >= 4 is 0 Å². The summed E-state index contributed by atoms with van der Waals surface area (Å²) in [7, 11) is 1.76. The molecule has 12 heavy (non-hydrogen) atoms. The van der Waals surface area contributed by atoms with Gasteiger partial charge in [-0.1, -0.05) is 19.8 Å². The van der Waals surface area contributed by atoms with E-state index < -0.39 is 0 Å². The molecule has 0 aliphatic rings. The van der Waals surface area contributed by atoms with E-state index in [-0.39, 0.29) is 0 Å². The standard InChI is InChI=1S/C10H22O2/c1-3-6-10(9-12-2)7-4-5-8-11/h10-11H,3-9H2,1-2H3/t10-/m1/s1. The first-order valence-electron chi connectivity index (χ1n) is 4.95. The Morgan fingerprint density at radius 2 is 2.00 bits per heavy atom. The number of ether oxygens (including phenoxy) is 1. The molecule has 1 atom stereocenters. The van der Waals surface area contributed by atoms with Gasteiger partial charge in [0.25, 0.3) is 0 Å². The lowest BCUT2D eigenvalue weighted by atomic mass is 9.98. The topological polar surface area (TPSA) is 29.5 Å². The summed E-state index contributed by atoms with van der Waals surface area (Å²) < 4.78 is 5.12. The van der Waals surface area contributed by atoms with Crippen molar-refractivity contribution in [2.75, 3.05) is 20.3 Å². The van der Waals surface area contributed by atoms with E-state index in [0.717, 1.165) is 19.4 Å². The number of hydrogen-bond donors (Lipinski definition) is 1. The van der Waals surface area contributed by atoms with Crippen molar-refractivity contribution in [2.45, 2.75) is 39.0 Å². The van der Waals surface area contributed by atoms with Crippen molar-refractivity contribution < 1.29 is 9.84 Å². The second-order valence-corrected chi connectivity index (χ2v) is 3.33. The van der Waals surface area contributed by atoms with Crippen LogP contribution in [0.15, 0.2) is 0 Å². The molecule has 0 aliphatic carbocycles. The Kier molecular flexibility index (Phi) is 8.95. The van der Waals surface area contributed by atoms with Crippen LogP contribution in [0.2, 0.25) is 0 Å². The van der Waals surface area contributed by atoms with Gasteiger partial charge in [0.15, 0.2) is 0 Å². The van der Waals surface area contributed by atoms with E-state index >= 15 is 0 Å². The Labute approximate surface area is 75.9 Å². The molecular weight excluding hydrogens is 152 g/mol. The molecule has 0 amide bonds. The molecule has 0 unspecified atom stereocenters. The zero-order valence-electron chi connectivity index (χ0n) is 8.38. The fraction of sp³-hybridized carbons (Fsp3) is 1.00. The van der Waals surface area contributed by atoms with Crippen LogP contribution in [-0.4, -0.2) is 25.4 Å². The molecule has 0 rings (SSSR count). The molecule has 0 bridgehead atoms. The minimum absolute atomic E-state index is 0.325. The van der Waals surface area contributed by atoms with E-state index in [1.165, 1.54) is 19.3 Å². The van der Waals surface area contributed by atoms with Crippen LogP contribution in [0.25, 0.3) is 0 Å². The van der Waals surface area contributed by atoms with Crippen LogP contribution >= 0.6 is 0 Å². The first kappa shape index (κ1) is 11.9. The van der Waals surface area contributed by atoms with E-state index in [4.69, 9.17) is 9.84 Å². The van der Waals surface area contributed by atoms with Gasteiger partial charge in [0.05, 0.1) is 0 Å². The number of hydrogen-bond acceptors (Lipinski definition) is 2. The molecule has 0 saturated heterocycles. The quantitative estimate of drug-likeness (QED) is 0.572. The summed E-state index contributed by atoms with van der Waals surface area (Å²) in [6.07, 6.45) is 5.74. The monoisotopic (exact) mass is 174 g/mol. The number of unbranched alkanes of at least 4 members (excludes halogenated alkanes) is 1. The van der Waals surface area contributed by atoms with E-state index in [1.54, 1.807) is 7.11 Å². The molecule has 2 nitrogen and oxygen atoms in total. The highest BCUT2D eigenvalue weighted by Gasteiger charge is 2.06. The van der Waals surface area contributed by atoms with Crippen molar-refractivity contribution in [1.82, 2.24) is 0 Å². The molecule has 0 aromatic rings. The maximum absolute atomic E-state index is 8.61. The van der Waals surface area contributed by atoms with Gasteiger partial charge in [-0.25, -0.2) is 0 Å². The minimum Gasteiger partial charge on any atom is -0.396 e. The van der Waals surface area contributed by atoms with Crippen LogP contribution in [0.5, 0.6) is 0 Å². The normalized spacial score (nSPS) is 13.2. The number of aliphatic hydroxyl groups excluding tert-OH is 1. The first-order chi connectivity index (χ1) is 5.85. The lowest BCUT2D eigenvalue weighted by Crippen LogP contribution is -2.08. The summed E-state index contributed by atoms with van der Waals surface area (Å²) in [6.45, 7) is 3.40. The van der Waals surface area contributed by atoms with E-state index in [2.05, 4.69) is 6.92 Å². The fourth-order valence-electron chi connectivity index (χ4n) is 1.50. The van der Waals surface area contributed by atoms with Gasteiger partial charge in [-0.15, -0.1) is 0 Å². The fourth-order valence-corrected chi connectivity index (χ4v) is 1.50. The Morgan fingerprint density at radius 1 is 1.25 bits per heavy atom. The summed E-state index contributed by atoms with van der Waals surface area (Å²) in [5.74, 6) is 0.701. The number of methoxy groups -OCH3 is 1. The zero-order chi connectivity index (χ0) is 9.23. The van der Waals surface area contributed by atoms with E-state index in [9.17, 15) is 0 Å². The molecule has 0 fully saturated rings. The highest BCUT2D eigenvalue weighted by Crippen LogP contribution is 2.14. The van der Waals surface area contributed by atoms with Crippen molar-refractivity contribution in [3.05, 3.63) is 0 Å². The van der Waals surface area contributed by atoms with Crippen molar-refractivity contribution in [2.24, 2.45) is 5.92 Å². The van der Waals surface area contributed by atoms with Crippen LogP contribution in [0.1, 0.15) is 39.0 Å². The smallest absolute Gasteiger partial charge is 0.0490 e. The summed E-state index contributed by atoms with van der Waals surface area (Å²) in [6, 6.07) is 0. The highest BCUT2D eigenvalue weighted by atomic mass is 16.5. The van der Waals surface area contributed by atoms with Gasteiger partial charge in [0.1, 0.15) is 0 Å². The van der Waals surface area contributed by atoms with E-state index in [1.807, 2.05) is 0 Å². The number of aliphatic hydroxyl groups is 1. The largest absolute Gasteiger partial charge is 0.396 e. The van der Waals surface area contributed by atoms with Crippen LogP contribution in [-0.2, 0) is 4.74 Å². The van der Waals surface area contributed by atoms with Crippen LogP contribution in [0.3, 0.4) is 0 Å². The van der Waals surface area contributed by atoms with Gasteiger partial charge in [0.2, 0.25) is 0 Å². The summed E-state index contributed by atoms with van der Waals surface area (Å²) in [4.78, 5) is 0.